The molecule has 0 saturated heterocycles. The molecular weight excluding hydrogens is 298 g/mol. The number of fused-ring (bicyclic) bond motifs is 2. The van der Waals surface area contributed by atoms with Gasteiger partial charge < -0.3 is 4.90 Å². The first-order valence-electron chi connectivity index (χ1n) is 8.19. The first-order chi connectivity index (χ1) is 11.7. The Morgan fingerprint density at radius 2 is 2.17 bits per heavy atom. The molecule has 0 atom stereocenters. The van der Waals surface area contributed by atoms with Crippen molar-refractivity contribution in [2.24, 2.45) is 0 Å². The average molecular weight is 317 g/mol. The molecule has 120 valence electrons. The summed E-state index contributed by atoms with van der Waals surface area (Å²) in [6.07, 6.45) is 3.36. The second kappa shape index (κ2) is 5.64. The van der Waals surface area contributed by atoms with Gasteiger partial charge in [0.15, 0.2) is 0 Å². The third-order valence-electron chi connectivity index (χ3n) is 4.64. The van der Waals surface area contributed by atoms with E-state index in [1.807, 2.05) is 4.90 Å². The van der Waals surface area contributed by atoms with E-state index < -0.39 is 0 Å². The highest BCUT2D eigenvalue weighted by molar-refractivity contribution is 6.03. The molecule has 0 radical (unpaired) electrons. The van der Waals surface area contributed by atoms with Crippen molar-refractivity contribution >= 4 is 22.5 Å². The monoisotopic (exact) mass is 317 g/mol. The van der Waals surface area contributed by atoms with Gasteiger partial charge in [-0.1, -0.05) is 30.8 Å². The molecule has 1 aliphatic rings. The Bertz CT molecular complexity index is 955. The lowest BCUT2D eigenvalue weighted by Gasteiger charge is -2.29. The van der Waals surface area contributed by atoms with Gasteiger partial charge in [-0.05, 0) is 49.1 Å². The molecule has 1 aliphatic heterocycles. The summed E-state index contributed by atoms with van der Waals surface area (Å²) in [6, 6.07) is 12.6. The van der Waals surface area contributed by atoms with Gasteiger partial charge in [0.2, 0.25) is 5.91 Å². The second-order valence-corrected chi connectivity index (χ2v) is 6.26. The molecule has 0 aliphatic carbocycles. The molecule has 4 heteroatoms. The standard InChI is InChI=1S/C20H19N3O/c1-3-19(24)23-10-4-5-14-7-8-15(12-18(14)23)20-16-9-6-13(2)11-17(16)21-22-20/h3,6-9,11-12H,1,4-5,10H2,2H3,(H,21,22). The van der Waals surface area contributed by atoms with Crippen molar-refractivity contribution in [2.45, 2.75) is 19.8 Å². The predicted molar refractivity (Wildman–Crippen MR) is 97.1 cm³/mol. The Labute approximate surface area is 140 Å². The van der Waals surface area contributed by atoms with Crippen molar-refractivity contribution in [3.8, 4) is 11.3 Å². The van der Waals surface area contributed by atoms with E-state index in [0.29, 0.717) is 0 Å². The number of carbonyl (C=O) groups excluding carboxylic acids is 1. The van der Waals surface area contributed by atoms with Gasteiger partial charge in [0.25, 0.3) is 0 Å². The number of rotatable bonds is 2. The normalized spacial score (nSPS) is 13.8. The molecule has 0 fully saturated rings. The van der Waals surface area contributed by atoms with Gasteiger partial charge in [-0.3, -0.25) is 9.89 Å². The van der Waals surface area contributed by atoms with Crippen molar-refractivity contribution in [3.05, 3.63) is 60.2 Å². The summed E-state index contributed by atoms with van der Waals surface area (Å²) in [5, 5.41) is 8.70. The molecule has 1 aromatic heterocycles. The van der Waals surface area contributed by atoms with Crippen molar-refractivity contribution in [1.82, 2.24) is 10.2 Å². The number of carbonyl (C=O) groups is 1. The average Bonchev–Trinajstić information content (AvgIpc) is 3.03. The molecule has 2 heterocycles. The van der Waals surface area contributed by atoms with E-state index in [1.54, 1.807) is 0 Å². The number of nitrogens with one attached hydrogen (secondary N) is 1. The molecular formula is C20H19N3O. The molecule has 1 N–H and O–H groups in total. The van der Waals surface area contributed by atoms with Crippen LogP contribution in [0.3, 0.4) is 0 Å². The fourth-order valence-electron chi connectivity index (χ4n) is 3.41. The van der Waals surface area contributed by atoms with E-state index in [0.717, 1.165) is 47.2 Å². The van der Waals surface area contributed by atoms with Crippen molar-refractivity contribution in [3.63, 3.8) is 0 Å². The maximum atomic E-state index is 12.2. The van der Waals surface area contributed by atoms with Gasteiger partial charge in [-0.25, -0.2) is 0 Å². The highest BCUT2D eigenvalue weighted by Crippen LogP contribution is 2.34. The topological polar surface area (TPSA) is 49.0 Å². The minimum Gasteiger partial charge on any atom is -0.309 e. The van der Waals surface area contributed by atoms with Gasteiger partial charge >= 0.3 is 0 Å². The molecule has 4 nitrogen and oxygen atoms in total. The number of nitrogens with zero attached hydrogens (tertiary/aromatic N) is 2. The number of H-pyrrole nitrogens is 1. The van der Waals surface area contributed by atoms with Gasteiger partial charge in [0.05, 0.1) is 11.2 Å². The van der Waals surface area contributed by atoms with Crippen LogP contribution in [0.4, 0.5) is 5.69 Å². The maximum Gasteiger partial charge on any atom is 0.250 e. The molecule has 24 heavy (non-hydrogen) atoms. The predicted octanol–water partition coefficient (Wildman–Crippen LogP) is 4.00. The Hall–Kier alpha value is -2.88. The van der Waals surface area contributed by atoms with Gasteiger partial charge in [-0.2, -0.15) is 5.10 Å². The summed E-state index contributed by atoms with van der Waals surface area (Å²) in [5.74, 6) is -0.0457. The molecule has 0 saturated carbocycles. The van der Waals surface area contributed by atoms with Crippen LogP contribution in [0, 0.1) is 6.92 Å². The Morgan fingerprint density at radius 1 is 1.29 bits per heavy atom. The van der Waals surface area contributed by atoms with E-state index in [1.165, 1.54) is 17.2 Å². The lowest BCUT2D eigenvalue weighted by Crippen LogP contribution is -2.34. The smallest absolute Gasteiger partial charge is 0.250 e. The lowest BCUT2D eigenvalue weighted by atomic mass is 9.97. The van der Waals surface area contributed by atoms with Crippen LogP contribution in [0.5, 0.6) is 0 Å². The van der Waals surface area contributed by atoms with Crippen LogP contribution in [0.2, 0.25) is 0 Å². The SMILES string of the molecule is C=CC(=O)N1CCCc2ccc(-c3n[nH]c4cc(C)ccc34)cc21. The van der Waals surface area contributed by atoms with E-state index >= 15 is 0 Å². The molecule has 0 unspecified atom stereocenters. The van der Waals surface area contributed by atoms with Crippen LogP contribution in [0.1, 0.15) is 17.5 Å². The fraction of sp³-hybridized carbons (Fsp3) is 0.200. The van der Waals surface area contributed by atoms with Crippen LogP contribution < -0.4 is 4.90 Å². The maximum absolute atomic E-state index is 12.2. The molecule has 0 spiro atoms. The van der Waals surface area contributed by atoms with Gasteiger partial charge in [0, 0.05) is 23.2 Å². The van der Waals surface area contributed by atoms with Gasteiger partial charge in [-0.15, -0.1) is 0 Å². The van der Waals surface area contributed by atoms with Crippen molar-refractivity contribution in [2.75, 3.05) is 11.4 Å². The molecule has 4 rings (SSSR count). The minimum atomic E-state index is -0.0457. The van der Waals surface area contributed by atoms with E-state index in [-0.39, 0.29) is 5.91 Å². The van der Waals surface area contributed by atoms with Crippen molar-refractivity contribution in [1.29, 1.82) is 0 Å². The number of aryl methyl sites for hydroxylation is 2. The first kappa shape index (κ1) is 14.7. The number of hydrogen-bond acceptors (Lipinski definition) is 2. The van der Waals surface area contributed by atoms with Crippen LogP contribution in [-0.2, 0) is 11.2 Å². The summed E-state index contributed by atoms with van der Waals surface area (Å²) in [6.45, 7) is 6.43. The van der Waals surface area contributed by atoms with E-state index in [9.17, 15) is 4.79 Å². The number of aromatic amines is 1. The third kappa shape index (κ3) is 2.31. The van der Waals surface area contributed by atoms with Crippen LogP contribution >= 0.6 is 0 Å². The Kier molecular flexibility index (Phi) is 3.45. The quantitative estimate of drug-likeness (QED) is 0.726. The molecule has 0 bridgehead atoms. The zero-order chi connectivity index (χ0) is 16.7. The second-order valence-electron chi connectivity index (χ2n) is 6.26. The summed E-state index contributed by atoms with van der Waals surface area (Å²) < 4.78 is 0. The highest BCUT2D eigenvalue weighted by atomic mass is 16.2. The largest absolute Gasteiger partial charge is 0.309 e. The minimum absolute atomic E-state index is 0.0457. The van der Waals surface area contributed by atoms with Gasteiger partial charge in [0.1, 0.15) is 0 Å². The van der Waals surface area contributed by atoms with Crippen LogP contribution in [0.25, 0.3) is 22.2 Å². The molecule has 3 aromatic rings. The number of hydrogen-bond donors (Lipinski definition) is 1. The van der Waals surface area contributed by atoms with E-state index in [2.05, 4.69) is 60.1 Å². The number of benzene rings is 2. The summed E-state index contributed by atoms with van der Waals surface area (Å²) in [7, 11) is 0. The molecule has 1 amide bonds. The fourth-order valence-corrected chi connectivity index (χ4v) is 3.41. The Morgan fingerprint density at radius 3 is 3.00 bits per heavy atom. The highest BCUT2D eigenvalue weighted by Gasteiger charge is 2.22. The van der Waals surface area contributed by atoms with Crippen LogP contribution in [0.15, 0.2) is 49.1 Å². The summed E-state index contributed by atoms with van der Waals surface area (Å²) >= 11 is 0. The van der Waals surface area contributed by atoms with Crippen LogP contribution in [-0.4, -0.2) is 22.6 Å². The molecule has 2 aromatic carbocycles. The first-order valence-corrected chi connectivity index (χ1v) is 8.19. The number of anilines is 1. The van der Waals surface area contributed by atoms with E-state index in [4.69, 9.17) is 0 Å². The number of aromatic nitrogens is 2. The summed E-state index contributed by atoms with van der Waals surface area (Å²) in [5.41, 5.74) is 6.35. The number of amides is 1. The Balaban J connectivity index is 1.84. The zero-order valence-electron chi connectivity index (χ0n) is 13.7. The third-order valence-corrected chi connectivity index (χ3v) is 4.64. The zero-order valence-corrected chi connectivity index (χ0v) is 13.7. The van der Waals surface area contributed by atoms with Crippen molar-refractivity contribution < 1.29 is 4.79 Å². The summed E-state index contributed by atoms with van der Waals surface area (Å²) in [4.78, 5) is 14.0. The lowest BCUT2D eigenvalue weighted by molar-refractivity contribution is -0.114.